The van der Waals surface area contributed by atoms with Gasteiger partial charge in [0.1, 0.15) is 0 Å². The molecule has 1 amide bonds. The molecule has 1 saturated carbocycles. The Hall–Kier alpha value is -3.80. The minimum absolute atomic E-state index is 0.0949. The van der Waals surface area contributed by atoms with Crippen molar-refractivity contribution >= 4 is 28.4 Å². The first-order valence-corrected chi connectivity index (χ1v) is 10.4. The van der Waals surface area contributed by atoms with Crippen LogP contribution in [0.3, 0.4) is 0 Å². The standard InChI is InChI=1S/C25H22N4O2/c1-15-23-20(25(31)27-21-11-7-6-10-19(21)16(2)30)14-22(17-12-13-17)26-24(23)29(28-15)18-8-4-3-5-9-18/h3-11,14,17H,12-13H2,1-2H3,(H,27,31). The van der Waals surface area contributed by atoms with E-state index in [0.29, 0.717) is 28.4 Å². The summed E-state index contributed by atoms with van der Waals surface area (Å²) in [6, 6.07) is 18.7. The van der Waals surface area contributed by atoms with Crippen LogP contribution >= 0.6 is 0 Å². The Morgan fingerprint density at radius 3 is 2.42 bits per heavy atom. The average molecular weight is 410 g/mol. The molecule has 0 aliphatic heterocycles. The summed E-state index contributed by atoms with van der Waals surface area (Å²) in [6.45, 7) is 3.38. The van der Waals surface area contributed by atoms with Crippen molar-refractivity contribution < 1.29 is 9.59 Å². The topological polar surface area (TPSA) is 76.9 Å². The van der Waals surface area contributed by atoms with Crippen LogP contribution in [0.1, 0.15) is 57.8 Å². The summed E-state index contributed by atoms with van der Waals surface area (Å²) in [7, 11) is 0. The Kier molecular flexibility index (Phi) is 4.62. The van der Waals surface area contributed by atoms with E-state index in [2.05, 4.69) is 5.32 Å². The van der Waals surface area contributed by atoms with Crippen LogP contribution < -0.4 is 5.32 Å². The third-order valence-electron chi connectivity index (χ3n) is 5.63. The molecule has 1 aliphatic carbocycles. The average Bonchev–Trinajstić information content (AvgIpc) is 3.58. The minimum Gasteiger partial charge on any atom is -0.321 e. The first-order valence-electron chi connectivity index (χ1n) is 10.4. The highest BCUT2D eigenvalue weighted by Gasteiger charge is 2.29. The summed E-state index contributed by atoms with van der Waals surface area (Å²) in [5.41, 5.74) is 4.75. The number of nitrogens with zero attached hydrogens (tertiary/aromatic N) is 3. The summed E-state index contributed by atoms with van der Waals surface area (Å²) in [6.07, 6.45) is 2.15. The fraction of sp³-hybridized carbons (Fsp3) is 0.200. The first-order chi connectivity index (χ1) is 15.0. The van der Waals surface area contributed by atoms with Gasteiger partial charge in [-0.1, -0.05) is 30.3 Å². The zero-order valence-corrected chi connectivity index (χ0v) is 17.4. The molecule has 4 aromatic rings. The molecule has 5 rings (SSSR count). The van der Waals surface area contributed by atoms with E-state index >= 15 is 0 Å². The fourth-order valence-corrected chi connectivity index (χ4v) is 3.91. The van der Waals surface area contributed by atoms with E-state index in [9.17, 15) is 9.59 Å². The van der Waals surface area contributed by atoms with Crippen LogP contribution in [0, 0.1) is 6.92 Å². The number of aryl methyl sites for hydroxylation is 1. The van der Waals surface area contributed by atoms with Crippen LogP contribution in [0.25, 0.3) is 16.7 Å². The molecule has 31 heavy (non-hydrogen) atoms. The van der Waals surface area contributed by atoms with Gasteiger partial charge < -0.3 is 5.32 Å². The van der Waals surface area contributed by atoms with Gasteiger partial charge in [0.15, 0.2) is 11.4 Å². The molecule has 1 N–H and O–H groups in total. The molecule has 6 heteroatoms. The molecule has 2 heterocycles. The maximum atomic E-state index is 13.4. The van der Waals surface area contributed by atoms with Crippen molar-refractivity contribution in [1.82, 2.24) is 14.8 Å². The number of Topliss-reactive ketones (excluding diaryl/α,β-unsaturated/α-hetero) is 1. The number of para-hydroxylation sites is 2. The van der Waals surface area contributed by atoms with Gasteiger partial charge in [-0.3, -0.25) is 9.59 Å². The molecular weight excluding hydrogens is 388 g/mol. The smallest absolute Gasteiger partial charge is 0.256 e. The Bertz CT molecular complexity index is 1320. The summed E-state index contributed by atoms with van der Waals surface area (Å²) in [5, 5.41) is 8.36. The lowest BCUT2D eigenvalue weighted by molar-refractivity contribution is 0.101. The SMILES string of the molecule is CC(=O)c1ccccc1NC(=O)c1cc(C2CC2)nc2c1c(C)nn2-c1ccccc1. The van der Waals surface area contributed by atoms with Crippen molar-refractivity contribution in [2.24, 2.45) is 0 Å². The highest BCUT2D eigenvalue weighted by atomic mass is 16.1. The molecule has 154 valence electrons. The quantitative estimate of drug-likeness (QED) is 0.467. The van der Waals surface area contributed by atoms with Crippen molar-refractivity contribution in [3.05, 3.63) is 83.2 Å². The van der Waals surface area contributed by atoms with Crippen LogP contribution in [0.5, 0.6) is 0 Å². The molecule has 0 unspecified atom stereocenters. The number of amides is 1. The fourth-order valence-electron chi connectivity index (χ4n) is 3.91. The monoisotopic (exact) mass is 410 g/mol. The van der Waals surface area contributed by atoms with Crippen molar-refractivity contribution in [3.63, 3.8) is 0 Å². The van der Waals surface area contributed by atoms with Crippen molar-refractivity contribution in [1.29, 1.82) is 0 Å². The zero-order valence-electron chi connectivity index (χ0n) is 17.4. The van der Waals surface area contributed by atoms with E-state index in [1.54, 1.807) is 28.9 Å². The van der Waals surface area contributed by atoms with Gasteiger partial charge in [-0.2, -0.15) is 5.10 Å². The number of ketones is 1. The molecule has 1 aliphatic rings. The van der Waals surface area contributed by atoms with E-state index in [0.717, 1.165) is 35.3 Å². The summed E-state index contributed by atoms with van der Waals surface area (Å²) in [5.74, 6) is 0.0149. The Morgan fingerprint density at radius 1 is 1.00 bits per heavy atom. The molecular formula is C25H22N4O2. The van der Waals surface area contributed by atoms with Gasteiger partial charge in [0.25, 0.3) is 5.91 Å². The molecule has 2 aromatic heterocycles. The van der Waals surface area contributed by atoms with Gasteiger partial charge in [0.05, 0.1) is 28.0 Å². The molecule has 0 spiro atoms. The van der Waals surface area contributed by atoms with Crippen molar-refractivity contribution in [2.75, 3.05) is 5.32 Å². The number of aromatic nitrogens is 3. The summed E-state index contributed by atoms with van der Waals surface area (Å²) < 4.78 is 1.80. The van der Waals surface area contributed by atoms with E-state index in [1.165, 1.54) is 6.92 Å². The highest BCUT2D eigenvalue weighted by Crippen LogP contribution is 2.41. The van der Waals surface area contributed by atoms with Gasteiger partial charge in [-0.05, 0) is 57.0 Å². The first kappa shape index (κ1) is 19.2. The number of pyridine rings is 1. The normalized spacial score (nSPS) is 13.4. The van der Waals surface area contributed by atoms with Crippen molar-refractivity contribution in [2.45, 2.75) is 32.6 Å². The molecule has 1 fully saturated rings. The van der Waals surface area contributed by atoms with Gasteiger partial charge in [0, 0.05) is 17.2 Å². The number of anilines is 1. The van der Waals surface area contributed by atoms with Gasteiger partial charge in [-0.15, -0.1) is 0 Å². The number of carbonyl (C=O) groups is 2. The maximum absolute atomic E-state index is 13.4. The van der Waals surface area contributed by atoms with Crippen LogP contribution in [0.15, 0.2) is 60.7 Å². The Balaban J connectivity index is 1.66. The van der Waals surface area contributed by atoms with Gasteiger partial charge in [-0.25, -0.2) is 9.67 Å². The molecule has 0 saturated heterocycles. The largest absolute Gasteiger partial charge is 0.321 e. The van der Waals surface area contributed by atoms with Gasteiger partial charge >= 0.3 is 0 Å². The van der Waals surface area contributed by atoms with Gasteiger partial charge in [0.2, 0.25) is 0 Å². The Morgan fingerprint density at radius 2 is 1.71 bits per heavy atom. The van der Waals surface area contributed by atoms with Crippen LogP contribution in [0.2, 0.25) is 0 Å². The molecule has 0 atom stereocenters. The zero-order chi connectivity index (χ0) is 21.5. The number of fused-ring (bicyclic) bond motifs is 1. The van der Waals surface area contributed by atoms with E-state index in [4.69, 9.17) is 10.1 Å². The molecule has 6 nitrogen and oxygen atoms in total. The molecule has 0 radical (unpaired) electrons. The molecule has 2 aromatic carbocycles. The highest BCUT2D eigenvalue weighted by molar-refractivity contribution is 6.14. The second-order valence-corrected chi connectivity index (χ2v) is 7.96. The lowest BCUT2D eigenvalue weighted by Gasteiger charge is -2.11. The van der Waals surface area contributed by atoms with E-state index < -0.39 is 0 Å². The predicted molar refractivity (Wildman–Crippen MR) is 120 cm³/mol. The lowest BCUT2D eigenvalue weighted by Crippen LogP contribution is -2.15. The maximum Gasteiger partial charge on any atom is 0.256 e. The number of nitrogens with one attached hydrogen (secondary N) is 1. The number of carbonyl (C=O) groups excluding carboxylic acids is 2. The second kappa shape index (κ2) is 7.47. The molecule has 0 bridgehead atoms. The Labute approximate surface area is 179 Å². The third kappa shape index (κ3) is 3.50. The number of hydrogen-bond acceptors (Lipinski definition) is 4. The number of benzene rings is 2. The second-order valence-electron chi connectivity index (χ2n) is 7.96. The number of hydrogen-bond donors (Lipinski definition) is 1. The number of rotatable bonds is 5. The third-order valence-corrected chi connectivity index (χ3v) is 5.63. The predicted octanol–water partition coefficient (Wildman–Crippen LogP) is 5.06. The van der Waals surface area contributed by atoms with Crippen LogP contribution in [-0.2, 0) is 0 Å². The van der Waals surface area contributed by atoms with E-state index in [-0.39, 0.29) is 11.7 Å². The summed E-state index contributed by atoms with van der Waals surface area (Å²) >= 11 is 0. The van der Waals surface area contributed by atoms with E-state index in [1.807, 2.05) is 43.3 Å². The van der Waals surface area contributed by atoms with Crippen molar-refractivity contribution in [3.8, 4) is 5.69 Å². The summed E-state index contributed by atoms with van der Waals surface area (Å²) in [4.78, 5) is 30.3. The minimum atomic E-state index is -0.265. The van der Waals surface area contributed by atoms with Crippen LogP contribution in [0.4, 0.5) is 5.69 Å². The lowest BCUT2D eigenvalue weighted by atomic mass is 10.1. The van der Waals surface area contributed by atoms with Crippen LogP contribution in [-0.4, -0.2) is 26.5 Å².